The molecule has 12 rings (SSSR count). The monoisotopic (exact) mass is 852 g/mol. The van der Waals surface area contributed by atoms with Crippen LogP contribution in [-0.4, -0.2) is 9.97 Å². The standard InChI is InChI=1S/C58H36N4S2/c1-3-15-49-41(11-1)13-9-19-53(49)61(47-35-27-43(28-36-47)57-59-51-17-5-7-21-55(51)63-57)45-31-23-39(24-32-45)40-25-33-46(34-26-40)62(54-20-10-14-42-12-2-4-16-50(42)54)48-37-29-44(30-38-48)58-60-52-18-6-8-22-56(52)64-58/h1-7,9-21,23-38H. The molecular formula is C58H36N4S2. The smallest absolute Gasteiger partial charge is 0.125 e. The van der Waals surface area contributed by atoms with Crippen molar-refractivity contribution in [1.82, 2.24) is 9.97 Å². The van der Waals surface area contributed by atoms with Crippen molar-refractivity contribution in [2.45, 2.75) is 0 Å². The number of nitrogens with zero attached hydrogens (tertiary/aromatic N) is 4. The summed E-state index contributed by atoms with van der Waals surface area (Å²) in [6.45, 7) is 0. The lowest BCUT2D eigenvalue weighted by atomic mass is 10.0. The zero-order chi connectivity index (χ0) is 42.4. The molecular weight excluding hydrogens is 817 g/mol. The Morgan fingerprint density at radius 3 is 1.31 bits per heavy atom. The quantitative estimate of drug-likeness (QED) is 0.145. The van der Waals surface area contributed by atoms with Crippen LogP contribution in [0.1, 0.15) is 0 Å². The first kappa shape index (κ1) is 37.7. The fourth-order valence-corrected chi connectivity index (χ4v) is 10.5. The van der Waals surface area contributed by atoms with Crippen molar-refractivity contribution in [3.8, 4) is 32.3 Å². The molecule has 2 heterocycles. The van der Waals surface area contributed by atoms with Gasteiger partial charge in [0.15, 0.2) is 0 Å². The maximum Gasteiger partial charge on any atom is 0.125 e. The molecule has 4 nitrogen and oxygen atoms in total. The second-order valence-corrected chi connectivity index (χ2v) is 17.7. The number of benzene rings is 9. The van der Waals surface area contributed by atoms with Gasteiger partial charge in [-0.2, -0.15) is 0 Å². The van der Waals surface area contributed by atoms with E-state index in [0.29, 0.717) is 0 Å². The lowest BCUT2D eigenvalue weighted by Crippen LogP contribution is -2.10. The summed E-state index contributed by atoms with van der Waals surface area (Å²) in [6, 6.07) is 84.1. The lowest BCUT2D eigenvalue weighted by molar-refractivity contribution is 1.29. The third kappa shape index (κ3) is 6.90. The van der Waals surface area contributed by atoms with Gasteiger partial charge in [-0.15, -0.1) is 22.7 Å². The van der Waals surface area contributed by atoms with Crippen LogP contribution >= 0.6 is 22.7 Å². The van der Waals surface area contributed by atoms with Crippen molar-refractivity contribution in [2.24, 2.45) is 0 Å². The van der Waals surface area contributed by atoms with Crippen LogP contribution in [0.25, 0.3) is 74.2 Å². The predicted molar refractivity (Wildman–Crippen MR) is 271 cm³/mol. The number of fused-ring (bicyclic) bond motifs is 4. The van der Waals surface area contributed by atoms with Gasteiger partial charge in [0.2, 0.25) is 0 Å². The highest BCUT2D eigenvalue weighted by Crippen LogP contribution is 2.43. The highest BCUT2D eigenvalue weighted by atomic mass is 32.1. The molecule has 0 aliphatic heterocycles. The van der Waals surface area contributed by atoms with Crippen LogP contribution in [0, 0.1) is 12.1 Å². The normalized spacial score (nSPS) is 11.3. The average molecular weight is 853 g/mol. The lowest BCUT2D eigenvalue weighted by Gasteiger charge is -2.27. The van der Waals surface area contributed by atoms with E-state index in [2.05, 4.69) is 222 Å². The van der Waals surface area contributed by atoms with E-state index in [9.17, 15) is 0 Å². The van der Waals surface area contributed by atoms with Gasteiger partial charge in [-0.05, 0) is 137 Å². The van der Waals surface area contributed by atoms with Gasteiger partial charge < -0.3 is 9.80 Å². The topological polar surface area (TPSA) is 32.3 Å². The number of anilines is 6. The molecule has 0 amide bonds. The Kier molecular flexibility index (Phi) is 9.41. The van der Waals surface area contributed by atoms with E-state index in [1.54, 1.807) is 22.7 Å². The first-order valence-electron chi connectivity index (χ1n) is 21.2. The first-order valence-corrected chi connectivity index (χ1v) is 22.9. The Labute approximate surface area is 379 Å². The number of aromatic nitrogens is 2. The van der Waals surface area contributed by atoms with Crippen LogP contribution < -0.4 is 9.80 Å². The number of rotatable bonds is 9. The molecule has 2 aromatic heterocycles. The minimum Gasteiger partial charge on any atom is -0.310 e. The van der Waals surface area contributed by atoms with Crippen LogP contribution in [0.4, 0.5) is 34.1 Å². The third-order valence-electron chi connectivity index (χ3n) is 11.8. The number of thiazole rings is 2. The van der Waals surface area contributed by atoms with Crippen LogP contribution in [0.5, 0.6) is 0 Å². The summed E-state index contributed by atoms with van der Waals surface area (Å²) in [5, 5.41) is 6.78. The van der Waals surface area contributed by atoms with Gasteiger partial charge in [0.05, 0.1) is 27.1 Å². The molecule has 0 N–H and O–H groups in total. The van der Waals surface area contributed by atoms with Crippen molar-refractivity contribution < 1.29 is 0 Å². The van der Waals surface area contributed by atoms with Gasteiger partial charge in [0, 0.05) is 44.6 Å². The summed E-state index contributed by atoms with van der Waals surface area (Å²) < 4.78 is 2.21. The van der Waals surface area contributed by atoms with E-state index in [-0.39, 0.29) is 0 Å². The Hall–Kier alpha value is -8.08. The molecule has 0 aliphatic carbocycles. The van der Waals surface area contributed by atoms with Crippen LogP contribution in [0.3, 0.4) is 0 Å². The molecule has 0 atom stereocenters. The van der Waals surface area contributed by atoms with Gasteiger partial charge in [-0.3, -0.25) is 0 Å². The highest BCUT2D eigenvalue weighted by molar-refractivity contribution is 7.22. The molecule has 10 aromatic carbocycles. The van der Waals surface area contributed by atoms with Gasteiger partial charge in [-0.25, -0.2) is 9.97 Å². The van der Waals surface area contributed by atoms with Crippen LogP contribution in [-0.2, 0) is 0 Å². The fraction of sp³-hybridized carbons (Fsp3) is 0. The van der Waals surface area contributed by atoms with Gasteiger partial charge >= 0.3 is 0 Å². The fourth-order valence-electron chi connectivity index (χ4n) is 8.65. The van der Waals surface area contributed by atoms with Crippen molar-refractivity contribution in [1.29, 1.82) is 0 Å². The minimum absolute atomic E-state index is 0.948. The van der Waals surface area contributed by atoms with Crippen molar-refractivity contribution in [3.63, 3.8) is 0 Å². The SMILES string of the molecule is c1ccc2nc(-c3ccc(N(c4ccc(-c5ccc(N(c6ccc(-c7nc8ccccc8s7)cc6)c6cccc7ccccc67)cc5)cc4)c4cccc5ccccc45)cc3)sc2c#1. The van der Waals surface area contributed by atoms with E-state index < -0.39 is 0 Å². The van der Waals surface area contributed by atoms with E-state index in [0.717, 1.165) is 82.1 Å². The second-order valence-electron chi connectivity index (χ2n) is 15.7. The Morgan fingerprint density at radius 1 is 0.359 bits per heavy atom. The van der Waals surface area contributed by atoms with Crippen LogP contribution in [0.2, 0.25) is 0 Å². The van der Waals surface area contributed by atoms with Crippen molar-refractivity contribution in [2.75, 3.05) is 9.80 Å². The molecule has 6 heteroatoms. The third-order valence-corrected chi connectivity index (χ3v) is 13.9. The molecule has 0 saturated heterocycles. The molecule has 64 heavy (non-hydrogen) atoms. The largest absolute Gasteiger partial charge is 0.310 e. The van der Waals surface area contributed by atoms with Crippen molar-refractivity contribution >= 4 is 98.8 Å². The zero-order valence-electron chi connectivity index (χ0n) is 34.4. The summed E-state index contributed by atoms with van der Waals surface area (Å²) in [7, 11) is 0. The van der Waals surface area contributed by atoms with E-state index in [1.165, 1.54) is 26.2 Å². The van der Waals surface area contributed by atoms with Gasteiger partial charge in [0.1, 0.15) is 14.7 Å². The highest BCUT2D eigenvalue weighted by Gasteiger charge is 2.19. The molecule has 0 saturated carbocycles. The number of hydrogen-bond acceptors (Lipinski definition) is 6. The molecule has 0 bridgehead atoms. The summed E-state index contributed by atoms with van der Waals surface area (Å²) in [6.07, 6.45) is 0. The molecule has 0 unspecified atom stereocenters. The van der Waals surface area contributed by atoms with Crippen molar-refractivity contribution in [3.05, 3.63) is 231 Å². The molecule has 0 spiro atoms. The average Bonchev–Trinajstić information content (AvgIpc) is 4.01. The summed E-state index contributed by atoms with van der Waals surface area (Å²) in [4.78, 5) is 14.5. The summed E-state index contributed by atoms with van der Waals surface area (Å²) in [5.41, 5.74) is 13.0. The van der Waals surface area contributed by atoms with Gasteiger partial charge in [0.25, 0.3) is 0 Å². The molecule has 0 aliphatic rings. The first-order chi connectivity index (χ1) is 31.7. The van der Waals surface area contributed by atoms with Gasteiger partial charge in [-0.1, -0.05) is 115 Å². The maximum absolute atomic E-state index is 4.93. The predicted octanol–water partition coefficient (Wildman–Crippen LogP) is 16.8. The number of hydrogen-bond donors (Lipinski definition) is 0. The van der Waals surface area contributed by atoms with E-state index in [4.69, 9.17) is 9.97 Å². The summed E-state index contributed by atoms with van der Waals surface area (Å²) in [5.74, 6) is 0. The second kappa shape index (κ2) is 16.0. The summed E-state index contributed by atoms with van der Waals surface area (Å²) >= 11 is 3.37. The Morgan fingerprint density at radius 2 is 0.797 bits per heavy atom. The molecule has 0 radical (unpaired) electrons. The molecule has 12 aromatic rings. The number of para-hydroxylation sites is 1. The van der Waals surface area contributed by atoms with E-state index >= 15 is 0 Å². The molecule has 300 valence electrons. The van der Waals surface area contributed by atoms with Crippen LogP contribution in [0.15, 0.2) is 218 Å². The zero-order valence-corrected chi connectivity index (χ0v) is 36.0. The maximum atomic E-state index is 4.93. The molecule has 0 fully saturated rings. The van der Waals surface area contributed by atoms with E-state index in [1.807, 2.05) is 18.2 Å². The Bertz CT molecular complexity index is 3290. The minimum atomic E-state index is 0.948. The Balaban J connectivity index is 0.887.